The van der Waals surface area contributed by atoms with Crippen molar-refractivity contribution in [3.05, 3.63) is 59.7 Å². The van der Waals surface area contributed by atoms with Gasteiger partial charge in [0.1, 0.15) is 0 Å². The number of ether oxygens (including phenoxy) is 1. The first-order valence-corrected chi connectivity index (χ1v) is 6.41. The number of nitrogens with one attached hydrogen (secondary N) is 2. The Hall–Kier alpha value is -2.82. The fourth-order valence-corrected chi connectivity index (χ4v) is 1.77. The van der Waals surface area contributed by atoms with Crippen molar-refractivity contribution in [1.82, 2.24) is 0 Å². The maximum Gasteiger partial charge on any atom is 0.337 e. The number of anilines is 2. The monoisotopic (exact) mass is 284 g/mol. The molecule has 0 fully saturated rings. The summed E-state index contributed by atoms with van der Waals surface area (Å²) in [6.07, 6.45) is 0. The summed E-state index contributed by atoms with van der Waals surface area (Å²) in [4.78, 5) is 23.3. The molecule has 2 aromatic rings. The summed E-state index contributed by atoms with van der Waals surface area (Å²) >= 11 is 0. The van der Waals surface area contributed by atoms with Crippen molar-refractivity contribution < 1.29 is 14.3 Å². The molecule has 0 saturated heterocycles. The average molecular weight is 284 g/mol. The number of urea groups is 1. The number of carbonyl (C=O) groups is 2. The van der Waals surface area contributed by atoms with Gasteiger partial charge in [-0.15, -0.1) is 0 Å². The highest BCUT2D eigenvalue weighted by atomic mass is 16.5. The molecule has 2 aromatic carbocycles. The van der Waals surface area contributed by atoms with Crippen LogP contribution in [-0.4, -0.2) is 19.1 Å². The molecular formula is C16H16N2O3. The summed E-state index contributed by atoms with van der Waals surface area (Å²) in [5.74, 6) is -0.447. The molecule has 0 saturated carbocycles. The van der Waals surface area contributed by atoms with Crippen LogP contribution >= 0.6 is 0 Å². The van der Waals surface area contributed by atoms with Crippen LogP contribution in [0.15, 0.2) is 48.5 Å². The highest BCUT2D eigenvalue weighted by Crippen LogP contribution is 2.13. The largest absolute Gasteiger partial charge is 0.465 e. The van der Waals surface area contributed by atoms with Crippen LogP contribution in [0.5, 0.6) is 0 Å². The Morgan fingerprint density at radius 2 is 1.62 bits per heavy atom. The minimum absolute atomic E-state index is 0.374. The summed E-state index contributed by atoms with van der Waals surface area (Å²) in [6, 6.07) is 13.6. The predicted molar refractivity (Wildman–Crippen MR) is 81.6 cm³/mol. The lowest BCUT2D eigenvalue weighted by Crippen LogP contribution is -2.19. The van der Waals surface area contributed by atoms with Gasteiger partial charge in [-0.05, 0) is 37.3 Å². The van der Waals surface area contributed by atoms with Gasteiger partial charge in [-0.25, -0.2) is 9.59 Å². The molecule has 0 atom stereocenters. The lowest BCUT2D eigenvalue weighted by Gasteiger charge is -2.08. The van der Waals surface area contributed by atoms with Crippen LogP contribution in [-0.2, 0) is 4.74 Å². The Kier molecular flexibility index (Phi) is 4.56. The van der Waals surface area contributed by atoms with Gasteiger partial charge in [0.15, 0.2) is 0 Å². The summed E-state index contributed by atoms with van der Waals surface area (Å²) in [5, 5.41) is 5.38. The first kappa shape index (κ1) is 14.6. The Morgan fingerprint density at radius 1 is 0.952 bits per heavy atom. The van der Waals surface area contributed by atoms with Crippen molar-refractivity contribution in [2.24, 2.45) is 0 Å². The van der Waals surface area contributed by atoms with E-state index in [0.717, 1.165) is 5.56 Å². The summed E-state index contributed by atoms with van der Waals surface area (Å²) < 4.78 is 4.64. The number of hydrogen-bond donors (Lipinski definition) is 2. The van der Waals surface area contributed by atoms with Crippen molar-refractivity contribution >= 4 is 23.4 Å². The molecule has 108 valence electrons. The number of aryl methyl sites for hydroxylation is 1. The van der Waals surface area contributed by atoms with Gasteiger partial charge < -0.3 is 15.4 Å². The Balaban J connectivity index is 2.02. The molecule has 5 heteroatoms. The quantitative estimate of drug-likeness (QED) is 0.848. The molecule has 0 aliphatic heterocycles. The van der Waals surface area contributed by atoms with Gasteiger partial charge in [-0.1, -0.05) is 23.8 Å². The summed E-state index contributed by atoms with van der Waals surface area (Å²) in [6.45, 7) is 1.97. The lowest BCUT2D eigenvalue weighted by molar-refractivity contribution is 0.0600. The van der Waals surface area contributed by atoms with Gasteiger partial charge in [-0.3, -0.25) is 0 Å². The third-order valence-corrected chi connectivity index (χ3v) is 2.85. The molecule has 2 N–H and O–H groups in total. The second kappa shape index (κ2) is 6.56. The standard InChI is InChI=1S/C16H16N2O3/c1-11-6-8-13(9-7-11)17-16(20)18-14-5-3-4-12(10-14)15(19)21-2/h3-10H,1-2H3,(H2,17,18,20). The number of methoxy groups -OCH3 is 1. The van der Waals surface area contributed by atoms with Gasteiger partial charge in [0, 0.05) is 11.4 Å². The number of carbonyl (C=O) groups excluding carboxylic acids is 2. The molecule has 0 unspecified atom stereocenters. The molecule has 0 aliphatic rings. The Bertz CT molecular complexity index is 651. The zero-order valence-electron chi connectivity index (χ0n) is 11.8. The van der Waals surface area contributed by atoms with E-state index in [0.29, 0.717) is 16.9 Å². The van der Waals surface area contributed by atoms with E-state index in [1.54, 1.807) is 24.3 Å². The number of esters is 1. The molecule has 0 spiro atoms. The second-order valence-corrected chi connectivity index (χ2v) is 4.52. The minimum atomic E-state index is -0.447. The van der Waals surface area contributed by atoms with Gasteiger partial charge in [0.25, 0.3) is 0 Å². The fraction of sp³-hybridized carbons (Fsp3) is 0.125. The van der Waals surface area contributed by atoms with Crippen molar-refractivity contribution in [3.63, 3.8) is 0 Å². The van der Waals surface area contributed by atoms with Gasteiger partial charge in [0.2, 0.25) is 0 Å². The lowest BCUT2D eigenvalue weighted by atomic mass is 10.2. The normalized spacial score (nSPS) is 9.81. The third kappa shape index (κ3) is 4.07. The van der Waals surface area contributed by atoms with Crippen molar-refractivity contribution in [2.75, 3.05) is 17.7 Å². The van der Waals surface area contributed by atoms with Crippen molar-refractivity contribution in [2.45, 2.75) is 6.92 Å². The van der Waals surface area contributed by atoms with E-state index in [1.165, 1.54) is 7.11 Å². The number of amides is 2. The molecular weight excluding hydrogens is 268 g/mol. The summed E-state index contributed by atoms with van der Waals surface area (Å²) in [7, 11) is 1.31. The van der Waals surface area contributed by atoms with E-state index < -0.39 is 5.97 Å². The predicted octanol–water partition coefficient (Wildman–Crippen LogP) is 3.43. The molecule has 5 nitrogen and oxygen atoms in total. The molecule has 2 rings (SSSR count). The highest BCUT2D eigenvalue weighted by Gasteiger charge is 2.07. The zero-order valence-corrected chi connectivity index (χ0v) is 11.8. The first-order chi connectivity index (χ1) is 10.1. The SMILES string of the molecule is COC(=O)c1cccc(NC(=O)Nc2ccc(C)cc2)c1. The molecule has 21 heavy (non-hydrogen) atoms. The number of rotatable bonds is 3. The highest BCUT2D eigenvalue weighted by molar-refractivity contribution is 6.00. The van der Waals surface area contributed by atoms with Gasteiger partial charge in [0.05, 0.1) is 12.7 Å². The molecule has 0 radical (unpaired) electrons. The number of benzene rings is 2. The summed E-state index contributed by atoms with van der Waals surface area (Å²) in [5.41, 5.74) is 2.71. The topological polar surface area (TPSA) is 67.4 Å². The van der Waals surface area contributed by atoms with E-state index in [1.807, 2.05) is 31.2 Å². The average Bonchev–Trinajstić information content (AvgIpc) is 2.49. The maximum atomic E-state index is 11.9. The van der Waals surface area contributed by atoms with Crippen molar-refractivity contribution in [1.29, 1.82) is 0 Å². The van der Waals surface area contributed by atoms with Crippen LogP contribution in [0.3, 0.4) is 0 Å². The van der Waals surface area contributed by atoms with E-state index >= 15 is 0 Å². The molecule has 0 aromatic heterocycles. The van der Waals surface area contributed by atoms with Gasteiger partial charge in [-0.2, -0.15) is 0 Å². The Morgan fingerprint density at radius 3 is 2.29 bits per heavy atom. The van der Waals surface area contributed by atoms with E-state index in [4.69, 9.17) is 0 Å². The Labute approximate surface area is 122 Å². The first-order valence-electron chi connectivity index (χ1n) is 6.41. The minimum Gasteiger partial charge on any atom is -0.465 e. The molecule has 0 bridgehead atoms. The zero-order chi connectivity index (χ0) is 15.2. The van der Waals surface area contributed by atoms with Crippen LogP contribution in [0.1, 0.15) is 15.9 Å². The van der Waals surface area contributed by atoms with Crippen LogP contribution in [0.4, 0.5) is 16.2 Å². The van der Waals surface area contributed by atoms with Gasteiger partial charge >= 0.3 is 12.0 Å². The number of hydrogen-bond acceptors (Lipinski definition) is 3. The van der Waals surface area contributed by atoms with Crippen LogP contribution in [0.2, 0.25) is 0 Å². The van der Waals surface area contributed by atoms with Crippen LogP contribution in [0.25, 0.3) is 0 Å². The van der Waals surface area contributed by atoms with Crippen molar-refractivity contribution in [3.8, 4) is 0 Å². The van der Waals surface area contributed by atoms with Crippen LogP contribution < -0.4 is 10.6 Å². The third-order valence-electron chi connectivity index (χ3n) is 2.85. The molecule has 2 amide bonds. The maximum absolute atomic E-state index is 11.9. The molecule has 0 heterocycles. The second-order valence-electron chi connectivity index (χ2n) is 4.52. The van der Waals surface area contributed by atoms with E-state index in [-0.39, 0.29) is 6.03 Å². The smallest absolute Gasteiger partial charge is 0.337 e. The molecule has 0 aliphatic carbocycles. The fourth-order valence-electron chi connectivity index (χ4n) is 1.77. The van der Waals surface area contributed by atoms with Crippen LogP contribution in [0, 0.1) is 6.92 Å². The van der Waals surface area contributed by atoms with E-state index in [9.17, 15) is 9.59 Å². The van der Waals surface area contributed by atoms with E-state index in [2.05, 4.69) is 15.4 Å².